The Hall–Kier alpha value is -1.23. The number of nitrogens with zero attached hydrogens (tertiary/aromatic N) is 3. The van der Waals surface area contributed by atoms with Crippen LogP contribution in [0.2, 0.25) is 0 Å². The van der Waals surface area contributed by atoms with E-state index in [1.165, 1.54) is 4.88 Å². The quantitative estimate of drug-likeness (QED) is 0.322. The molecule has 0 bridgehead atoms. The highest BCUT2D eigenvalue weighted by molar-refractivity contribution is 14.0. The summed E-state index contributed by atoms with van der Waals surface area (Å²) in [5.74, 6) is 0.864. The van der Waals surface area contributed by atoms with Gasteiger partial charge in [0, 0.05) is 49.4 Å². The highest BCUT2D eigenvalue weighted by Crippen LogP contribution is 2.26. The fourth-order valence-electron chi connectivity index (χ4n) is 3.13. The van der Waals surface area contributed by atoms with Gasteiger partial charge in [0.1, 0.15) is 0 Å². The molecule has 1 fully saturated rings. The third-order valence-electron chi connectivity index (χ3n) is 4.52. The van der Waals surface area contributed by atoms with Gasteiger partial charge in [-0.25, -0.2) is 0 Å². The number of aliphatic imine (C=N–C) groups is 1. The second-order valence-electron chi connectivity index (χ2n) is 6.40. The van der Waals surface area contributed by atoms with E-state index >= 15 is 0 Å². The Kier molecular flexibility index (Phi) is 10.8. The summed E-state index contributed by atoms with van der Waals surface area (Å²) in [6.07, 6.45) is 2.71. The van der Waals surface area contributed by atoms with Crippen molar-refractivity contribution in [3.8, 4) is 0 Å². The van der Waals surface area contributed by atoms with Gasteiger partial charge in [-0.05, 0) is 30.5 Å². The monoisotopic (exact) mass is 515 g/mol. The number of nitrogens with one attached hydrogen (secondary N) is 2. The summed E-state index contributed by atoms with van der Waals surface area (Å²) in [4.78, 5) is 13.1. The first-order chi connectivity index (χ1) is 13.4. The average Bonchev–Trinajstić information content (AvgIpc) is 3.24. The molecule has 1 atom stereocenters. The van der Waals surface area contributed by atoms with Gasteiger partial charge in [-0.15, -0.1) is 35.3 Å². The molecule has 0 aromatic carbocycles. The van der Waals surface area contributed by atoms with Crippen molar-refractivity contribution in [1.82, 2.24) is 20.5 Å². The second kappa shape index (κ2) is 13.1. The zero-order chi connectivity index (χ0) is 18.7. The summed E-state index contributed by atoms with van der Waals surface area (Å²) < 4.78 is 5.52. The largest absolute Gasteiger partial charge is 0.379 e. The summed E-state index contributed by atoms with van der Waals surface area (Å²) >= 11 is 1.80. The molecule has 1 aliphatic rings. The van der Waals surface area contributed by atoms with Crippen LogP contribution in [-0.4, -0.2) is 61.8 Å². The zero-order valence-corrected chi connectivity index (χ0v) is 19.5. The molecule has 1 saturated heterocycles. The lowest BCUT2D eigenvalue weighted by molar-refractivity contribution is 0.0186. The van der Waals surface area contributed by atoms with E-state index < -0.39 is 0 Å². The number of rotatable bonds is 8. The van der Waals surface area contributed by atoms with Crippen LogP contribution in [0.4, 0.5) is 0 Å². The third-order valence-corrected chi connectivity index (χ3v) is 5.50. The average molecular weight is 515 g/mol. The lowest BCUT2D eigenvalue weighted by Gasteiger charge is -2.33. The number of aromatic nitrogens is 1. The van der Waals surface area contributed by atoms with Crippen molar-refractivity contribution in [2.45, 2.75) is 19.4 Å². The molecular formula is C20H30IN5OS. The van der Waals surface area contributed by atoms with Gasteiger partial charge in [0.05, 0.1) is 25.8 Å². The van der Waals surface area contributed by atoms with E-state index in [1.54, 1.807) is 11.3 Å². The first-order valence-corrected chi connectivity index (χ1v) is 10.5. The molecule has 1 aliphatic heterocycles. The SMILES string of the molecule is CCNC(=NCC(c1cccs1)N1CCOCC1)NCCc1ccccn1.I. The van der Waals surface area contributed by atoms with E-state index in [0.717, 1.165) is 64.0 Å². The van der Waals surface area contributed by atoms with E-state index in [0.29, 0.717) is 6.04 Å². The molecule has 0 amide bonds. The third kappa shape index (κ3) is 7.31. The van der Waals surface area contributed by atoms with Crippen LogP contribution < -0.4 is 10.6 Å². The van der Waals surface area contributed by atoms with Gasteiger partial charge >= 0.3 is 0 Å². The lowest BCUT2D eigenvalue weighted by Crippen LogP contribution is -2.42. The topological polar surface area (TPSA) is 61.8 Å². The molecule has 8 heteroatoms. The maximum atomic E-state index is 5.52. The van der Waals surface area contributed by atoms with Gasteiger partial charge in [0.2, 0.25) is 0 Å². The second-order valence-corrected chi connectivity index (χ2v) is 7.38. The molecule has 28 heavy (non-hydrogen) atoms. The normalized spacial score (nSPS) is 16.2. The minimum absolute atomic E-state index is 0. The van der Waals surface area contributed by atoms with Gasteiger partial charge in [-0.2, -0.15) is 0 Å². The Bertz CT molecular complexity index is 677. The number of thiophene rings is 1. The van der Waals surface area contributed by atoms with Gasteiger partial charge < -0.3 is 15.4 Å². The van der Waals surface area contributed by atoms with E-state index in [9.17, 15) is 0 Å². The van der Waals surface area contributed by atoms with E-state index in [2.05, 4.69) is 51.0 Å². The summed E-state index contributed by atoms with van der Waals surface area (Å²) in [5.41, 5.74) is 1.09. The molecule has 0 radical (unpaired) electrons. The van der Waals surface area contributed by atoms with Crippen LogP contribution >= 0.6 is 35.3 Å². The number of guanidine groups is 1. The Balaban J connectivity index is 0.00000280. The van der Waals surface area contributed by atoms with Crippen LogP contribution in [-0.2, 0) is 11.2 Å². The smallest absolute Gasteiger partial charge is 0.191 e. The summed E-state index contributed by atoms with van der Waals surface area (Å²) in [6, 6.07) is 10.7. The number of pyridine rings is 1. The van der Waals surface area contributed by atoms with Crippen molar-refractivity contribution in [3.63, 3.8) is 0 Å². The number of hydrogen-bond donors (Lipinski definition) is 2. The number of hydrogen-bond acceptors (Lipinski definition) is 5. The number of morpholine rings is 1. The Morgan fingerprint density at radius 3 is 2.79 bits per heavy atom. The molecule has 6 nitrogen and oxygen atoms in total. The van der Waals surface area contributed by atoms with Gasteiger partial charge in [-0.1, -0.05) is 12.1 Å². The van der Waals surface area contributed by atoms with Crippen LogP contribution in [0.25, 0.3) is 0 Å². The predicted octanol–water partition coefficient (Wildman–Crippen LogP) is 2.93. The first kappa shape index (κ1) is 23.1. The minimum atomic E-state index is 0. The number of ether oxygens (including phenoxy) is 1. The van der Waals surface area contributed by atoms with Crippen molar-refractivity contribution in [1.29, 1.82) is 0 Å². The molecule has 1 unspecified atom stereocenters. The molecule has 0 spiro atoms. The molecule has 3 rings (SSSR count). The van der Waals surface area contributed by atoms with Crippen LogP contribution in [0.1, 0.15) is 23.5 Å². The molecule has 0 saturated carbocycles. The maximum Gasteiger partial charge on any atom is 0.191 e. The van der Waals surface area contributed by atoms with Crippen LogP contribution in [0.3, 0.4) is 0 Å². The maximum absolute atomic E-state index is 5.52. The highest BCUT2D eigenvalue weighted by Gasteiger charge is 2.23. The van der Waals surface area contributed by atoms with Crippen molar-refractivity contribution in [2.24, 2.45) is 4.99 Å². The molecule has 2 aromatic heterocycles. The predicted molar refractivity (Wildman–Crippen MR) is 127 cm³/mol. The molecule has 3 heterocycles. The van der Waals surface area contributed by atoms with E-state index in [1.807, 2.05) is 18.3 Å². The molecular weight excluding hydrogens is 485 g/mol. The van der Waals surface area contributed by atoms with Crippen molar-refractivity contribution >= 4 is 41.3 Å². The van der Waals surface area contributed by atoms with Crippen molar-refractivity contribution < 1.29 is 4.74 Å². The van der Waals surface area contributed by atoms with E-state index in [-0.39, 0.29) is 24.0 Å². The molecule has 154 valence electrons. The standard InChI is InChI=1S/C20H29N5OS.HI/c1-2-21-20(23-10-8-17-6-3-4-9-22-17)24-16-18(19-7-5-15-27-19)25-11-13-26-14-12-25;/h3-7,9,15,18H,2,8,10-14,16H2,1H3,(H2,21,23,24);1H. The minimum Gasteiger partial charge on any atom is -0.379 e. The first-order valence-electron chi connectivity index (χ1n) is 9.64. The Labute approximate surface area is 188 Å². The Morgan fingerprint density at radius 1 is 1.25 bits per heavy atom. The summed E-state index contributed by atoms with van der Waals surface area (Å²) in [7, 11) is 0. The highest BCUT2D eigenvalue weighted by atomic mass is 127. The lowest BCUT2D eigenvalue weighted by atomic mass is 10.2. The molecule has 2 N–H and O–H groups in total. The van der Waals surface area contributed by atoms with Gasteiger partial charge in [0.15, 0.2) is 5.96 Å². The fourth-order valence-corrected chi connectivity index (χ4v) is 3.98. The van der Waals surface area contributed by atoms with Crippen LogP contribution in [0, 0.1) is 0 Å². The van der Waals surface area contributed by atoms with Crippen molar-refractivity contribution in [2.75, 3.05) is 45.9 Å². The fraction of sp³-hybridized carbons (Fsp3) is 0.500. The van der Waals surface area contributed by atoms with Crippen molar-refractivity contribution in [3.05, 3.63) is 52.5 Å². The van der Waals surface area contributed by atoms with Crippen LogP contribution in [0.5, 0.6) is 0 Å². The zero-order valence-electron chi connectivity index (χ0n) is 16.3. The molecule has 0 aliphatic carbocycles. The van der Waals surface area contributed by atoms with Crippen LogP contribution in [0.15, 0.2) is 46.9 Å². The molecule has 2 aromatic rings. The summed E-state index contributed by atoms with van der Waals surface area (Å²) in [6.45, 7) is 8.00. The summed E-state index contributed by atoms with van der Waals surface area (Å²) in [5, 5.41) is 8.92. The number of halogens is 1. The van der Waals surface area contributed by atoms with E-state index in [4.69, 9.17) is 9.73 Å². The van der Waals surface area contributed by atoms with Gasteiger partial charge in [-0.3, -0.25) is 14.9 Å². The Morgan fingerprint density at radius 2 is 2.11 bits per heavy atom. The van der Waals surface area contributed by atoms with Gasteiger partial charge in [0.25, 0.3) is 0 Å².